The van der Waals surface area contributed by atoms with Crippen LogP contribution < -0.4 is 5.32 Å². The highest BCUT2D eigenvalue weighted by atomic mass is 32.1. The largest absolute Gasteiger partial charge is 0.326 e. The average Bonchev–Trinajstić information content (AvgIpc) is 3.26. The first-order chi connectivity index (χ1) is 11.7. The molecule has 0 atom stereocenters. The molecule has 3 aromatic rings. The van der Waals surface area contributed by atoms with E-state index in [9.17, 15) is 4.79 Å². The molecule has 0 bridgehead atoms. The van der Waals surface area contributed by atoms with Gasteiger partial charge < -0.3 is 5.32 Å². The van der Waals surface area contributed by atoms with E-state index in [1.54, 1.807) is 17.5 Å². The van der Waals surface area contributed by atoms with Crippen molar-refractivity contribution in [3.05, 3.63) is 42.1 Å². The SMILES string of the molecule is Cc1cc(-c2nc3cccnc3s2)ccc1NC(=O)C1CCCC1. The van der Waals surface area contributed by atoms with Gasteiger partial charge in [-0.25, -0.2) is 9.97 Å². The highest BCUT2D eigenvalue weighted by Gasteiger charge is 2.23. The second kappa shape index (κ2) is 6.32. The minimum atomic E-state index is 0.160. The van der Waals surface area contributed by atoms with Crippen molar-refractivity contribution in [2.45, 2.75) is 32.6 Å². The minimum Gasteiger partial charge on any atom is -0.326 e. The van der Waals surface area contributed by atoms with E-state index < -0.39 is 0 Å². The van der Waals surface area contributed by atoms with Gasteiger partial charge in [0.15, 0.2) is 0 Å². The van der Waals surface area contributed by atoms with Gasteiger partial charge in [-0.2, -0.15) is 0 Å². The fourth-order valence-electron chi connectivity index (χ4n) is 3.25. The van der Waals surface area contributed by atoms with E-state index in [1.165, 1.54) is 12.8 Å². The molecule has 1 aliphatic carbocycles. The Labute approximate surface area is 145 Å². The molecule has 0 saturated heterocycles. The molecule has 0 unspecified atom stereocenters. The van der Waals surface area contributed by atoms with Crippen molar-refractivity contribution in [1.82, 2.24) is 9.97 Å². The topological polar surface area (TPSA) is 54.9 Å². The smallest absolute Gasteiger partial charge is 0.227 e. The van der Waals surface area contributed by atoms with Crippen molar-refractivity contribution in [2.24, 2.45) is 5.92 Å². The molecule has 2 heterocycles. The Morgan fingerprint density at radius 2 is 2.08 bits per heavy atom. The zero-order valence-corrected chi connectivity index (χ0v) is 14.4. The Balaban J connectivity index is 1.58. The van der Waals surface area contributed by atoms with Crippen LogP contribution in [0.15, 0.2) is 36.5 Å². The van der Waals surface area contributed by atoms with Gasteiger partial charge in [0.1, 0.15) is 15.4 Å². The lowest BCUT2D eigenvalue weighted by Gasteiger charge is -2.13. The highest BCUT2D eigenvalue weighted by molar-refractivity contribution is 7.21. The monoisotopic (exact) mass is 337 g/mol. The Morgan fingerprint density at radius 3 is 2.83 bits per heavy atom. The van der Waals surface area contributed by atoms with E-state index in [0.717, 1.165) is 45.0 Å². The molecule has 1 saturated carbocycles. The number of amides is 1. The first-order valence-electron chi connectivity index (χ1n) is 8.34. The zero-order chi connectivity index (χ0) is 16.5. The van der Waals surface area contributed by atoms with E-state index >= 15 is 0 Å². The van der Waals surface area contributed by atoms with E-state index in [1.807, 2.05) is 31.2 Å². The first kappa shape index (κ1) is 15.3. The molecule has 2 aromatic heterocycles. The summed E-state index contributed by atoms with van der Waals surface area (Å²) in [4.78, 5) is 22.3. The summed E-state index contributed by atoms with van der Waals surface area (Å²) < 4.78 is 0. The standard InChI is InChI=1S/C19H19N3OS/c1-12-11-14(18-22-16-7-4-10-20-19(16)24-18)8-9-15(12)21-17(23)13-5-2-3-6-13/h4,7-11,13H,2-3,5-6H2,1H3,(H,21,23). The number of carbonyl (C=O) groups excluding carboxylic acids is 1. The molecule has 1 aliphatic rings. The van der Waals surface area contributed by atoms with Crippen LogP contribution in [-0.2, 0) is 4.79 Å². The molecule has 0 radical (unpaired) electrons. The van der Waals surface area contributed by atoms with Crippen LogP contribution in [0.4, 0.5) is 5.69 Å². The number of pyridine rings is 1. The summed E-state index contributed by atoms with van der Waals surface area (Å²) in [7, 11) is 0. The third-order valence-electron chi connectivity index (χ3n) is 4.62. The van der Waals surface area contributed by atoms with Gasteiger partial charge in [0, 0.05) is 23.4 Å². The van der Waals surface area contributed by atoms with E-state index in [0.29, 0.717) is 0 Å². The summed E-state index contributed by atoms with van der Waals surface area (Å²) in [5, 5.41) is 4.05. The maximum absolute atomic E-state index is 12.3. The van der Waals surface area contributed by atoms with Crippen LogP contribution in [0, 0.1) is 12.8 Å². The van der Waals surface area contributed by atoms with Gasteiger partial charge in [-0.05, 0) is 55.7 Å². The Morgan fingerprint density at radius 1 is 1.25 bits per heavy atom. The molecule has 1 amide bonds. The molecule has 0 aliphatic heterocycles. The number of nitrogens with zero attached hydrogens (tertiary/aromatic N) is 2. The van der Waals surface area contributed by atoms with Crippen LogP contribution in [0.5, 0.6) is 0 Å². The summed E-state index contributed by atoms with van der Waals surface area (Å²) in [5.41, 5.74) is 3.95. The number of rotatable bonds is 3. The van der Waals surface area contributed by atoms with Crippen molar-refractivity contribution in [3.8, 4) is 10.6 Å². The Kier molecular flexibility index (Phi) is 4.02. The number of aryl methyl sites for hydroxylation is 1. The Bertz CT molecular complexity index is 864. The highest BCUT2D eigenvalue weighted by Crippen LogP contribution is 2.32. The maximum Gasteiger partial charge on any atom is 0.227 e. The van der Waals surface area contributed by atoms with Gasteiger partial charge in [0.05, 0.1) is 0 Å². The Hall–Kier alpha value is -2.27. The van der Waals surface area contributed by atoms with Crippen LogP contribution >= 0.6 is 11.3 Å². The number of thiazole rings is 1. The van der Waals surface area contributed by atoms with Crippen molar-refractivity contribution < 1.29 is 4.79 Å². The fraction of sp³-hybridized carbons (Fsp3) is 0.316. The van der Waals surface area contributed by atoms with Crippen molar-refractivity contribution >= 4 is 33.3 Å². The quantitative estimate of drug-likeness (QED) is 0.747. The van der Waals surface area contributed by atoms with Crippen LogP contribution in [0.2, 0.25) is 0 Å². The van der Waals surface area contributed by atoms with Gasteiger partial charge in [-0.15, -0.1) is 0 Å². The summed E-state index contributed by atoms with van der Waals surface area (Å²) in [6.45, 7) is 2.03. The second-order valence-electron chi connectivity index (χ2n) is 6.35. The predicted molar refractivity (Wildman–Crippen MR) is 98.2 cm³/mol. The molecule has 5 heteroatoms. The summed E-state index contributed by atoms with van der Waals surface area (Å²) in [6, 6.07) is 9.97. The van der Waals surface area contributed by atoms with Gasteiger partial charge >= 0.3 is 0 Å². The van der Waals surface area contributed by atoms with Gasteiger partial charge in [0.25, 0.3) is 0 Å². The summed E-state index contributed by atoms with van der Waals surface area (Å²) in [6.07, 6.45) is 6.16. The van der Waals surface area contributed by atoms with Crippen molar-refractivity contribution in [1.29, 1.82) is 0 Å². The molecule has 4 nitrogen and oxygen atoms in total. The molecule has 122 valence electrons. The fourth-order valence-corrected chi connectivity index (χ4v) is 4.16. The second-order valence-corrected chi connectivity index (χ2v) is 7.32. The number of hydrogen-bond donors (Lipinski definition) is 1. The summed E-state index contributed by atoms with van der Waals surface area (Å²) in [5.74, 6) is 0.340. The van der Waals surface area contributed by atoms with Crippen molar-refractivity contribution in [3.63, 3.8) is 0 Å². The zero-order valence-electron chi connectivity index (χ0n) is 13.6. The lowest BCUT2D eigenvalue weighted by Crippen LogP contribution is -2.20. The van der Waals surface area contributed by atoms with Crippen LogP contribution in [0.3, 0.4) is 0 Å². The number of aromatic nitrogens is 2. The van der Waals surface area contributed by atoms with Crippen molar-refractivity contribution in [2.75, 3.05) is 5.32 Å². The minimum absolute atomic E-state index is 0.160. The third kappa shape index (κ3) is 2.91. The van der Waals surface area contributed by atoms with Crippen LogP contribution in [0.1, 0.15) is 31.2 Å². The molecule has 1 N–H and O–H groups in total. The lowest BCUT2D eigenvalue weighted by atomic mass is 10.1. The van der Waals surface area contributed by atoms with Gasteiger partial charge in [-0.1, -0.05) is 24.2 Å². The lowest BCUT2D eigenvalue weighted by molar-refractivity contribution is -0.119. The van der Waals surface area contributed by atoms with E-state index in [-0.39, 0.29) is 11.8 Å². The molecule has 1 fully saturated rings. The molecule has 0 spiro atoms. The number of fused-ring (bicyclic) bond motifs is 1. The molecule has 1 aromatic carbocycles. The van der Waals surface area contributed by atoms with Gasteiger partial charge in [-0.3, -0.25) is 4.79 Å². The molecular weight excluding hydrogens is 318 g/mol. The summed E-state index contributed by atoms with van der Waals surface area (Å²) >= 11 is 1.59. The molecule has 4 rings (SSSR count). The molecular formula is C19H19N3OS. The number of carbonyl (C=O) groups is 1. The number of hydrogen-bond acceptors (Lipinski definition) is 4. The number of nitrogens with one attached hydrogen (secondary N) is 1. The van der Waals surface area contributed by atoms with Crippen LogP contribution in [0.25, 0.3) is 20.9 Å². The van der Waals surface area contributed by atoms with Gasteiger partial charge in [0.2, 0.25) is 5.91 Å². The third-order valence-corrected chi connectivity index (χ3v) is 5.65. The van der Waals surface area contributed by atoms with E-state index in [4.69, 9.17) is 0 Å². The number of benzene rings is 1. The number of anilines is 1. The normalized spacial score (nSPS) is 15.0. The molecule has 24 heavy (non-hydrogen) atoms. The predicted octanol–water partition coefficient (Wildman–Crippen LogP) is 4.80. The van der Waals surface area contributed by atoms with Crippen LogP contribution in [-0.4, -0.2) is 15.9 Å². The van der Waals surface area contributed by atoms with E-state index in [2.05, 4.69) is 21.4 Å². The maximum atomic E-state index is 12.3. The first-order valence-corrected chi connectivity index (χ1v) is 9.16. The average molecular weight is 337 g/mol.